The summed E-state index contributed by atoms with van der Waals surface area (Å²) in [5.41, 5.74) is 2.98. The molecule has 104 valence electrons. The predicted molar refractivity (Wildman–Crippen MR) is 79.4 cm³/mol. The lowest BCUT2D eigenvalue weighted by Crippen LogP contribution is -2.21. The number of benzene rings is 1. The van der Waals surface area contributed by atoms with Crippen LogP contribution in [0, 0.1) is 13.8 Å². The first-order valence-corrected chi connectivity index (χ1v) is 7.01. The average molecular weight is 290 g/mol. The Balaban J connectivity index is 1.91. The molecule has 20 heavy (non-hydrogen) atoms. The maximum atomic E-state index is 6.08. The van der Waals surface area contributed by atoms with Crippen LogP contribution in [0.2, 0.25) is 5.02 Å². The Bertz CT molecular complexity index is 625. The normalized spacial score (nSPS) is 17.2. The van der Waals surface area contributed by atoms with Gasteiger partial charge in [-0.05, 0) is 38.1 Å². The number of ether oxygens (including phenoxy) is 1. The number of nitrogens with one attached hydrogen (secondary N) is 1. The van der Waals surface area contributed by atoms with Crippen molar-refractivity contribution in [1.82, 2.24) is 9.97 Å². The van der Waals surface area contributed by atoms with Gasteiger partial charge in [-0.1, -0.05) is 11.6 Å². The van der Waals surface area contributed by atoms with Crippen LogP contribution in [0.3, 0.4) is 0 Å². The zero-order chi connectivity index (χ0) is 14.1. The number of aryl methyl sites for hydroxylation is 2. The van der Waals surface area contributed by atoms with E-state index >= 15 is 0 Å². The van der Waals surface area contributed by atoms with Gasteiger partial charge in [-0.25, -0.2) is 9.97 Å². The zero-order valence-corrected chi connectivity index (χ0v) is 12.2. The lowest BCUT2D eigenvalue weighted by atomic mass is 10.0. The Kier molecular flexibility index (Phi) is 3.49. The summed E-state index contributed by atoms with van der Waals surface area (Å²) in [5, 5.41) is 4.10. The van der Waals surface area contributed by atoms with Crippen LogP contribution in [0.25, 0.3) is 0 Å². The van der Waals surface area contributed by atoms with Crippen molar-refractivity contribution >= 4 is 17.5 Å². The maximum Gasteiger partial charge on any atom is 0.223 e. The summed E-state index contributed by atoms with van der Waals surface area (Å²) in [6.45, 7) is 4.61. The van der Waals surface area contributed by atoms with Crippen LogP contribution < -0.4 is 10.1 Å². The third kappa shape index (κ3) is 2.70. The molecule has 1 aromatic carbocycles. The Morgan fingerprint density at radius 3 is 2.70 bits per heavy atom. The molecule has 0 saturated carbocycles. The van der Waals surface area contributed by atoms with Gasteiger partial charge in [0.1, 0.15) is 5.75 Å². The molecule has 1 unspecified atom stereocenters. The van der Waals surface area contributed by atoms with Gasteiger partial charge >= 0.3 is 0 Å². The van der Waals surface area contributed by atoms with Gasteiger partial charge in [0.2, 0.25) is 5.95 Å². The third-order valence-electron chi connectivity index (χ3n) is 3.30. The van der Waals surface area contributed by atoms with E-state index in [0.717, 1.165) is 29.1 Å². The van der Waals surface area contributed by atoms with Gasteiger partial charge in [0, 0.05) is 28.4 Å². The summed E-state index contributed by atoms with van der Waals surface area (Å²) in [7, 11) is 0. The van der Waals surface area contributed by atoms with Crippen LogP contribution in [-0.4, -0.2) is 16.6 Å². The number of fused-ring (bicyclic) bond motifs is 1. The molecule has 1 aliphatic heterocycles. The fourth-order valence-electron chi connectivity index (χ4n) is 2.46. The lowest BCUT2D eigenvalue weighted by Gasteiger charge is -2.27. The molecule has 1 atom stereocenters. The Morgan fingerprint density at radius 2 is 1.95 bits per heavy atom. The largest absolute Gasteiger partial charge is 0.493 e. The lowest BCUT2D eigenvalue weighted by molar-refractivity contribution is 0.274. The van der Waals surface area contributed by atoms with Crippen molar-refractivity contribution in [1.29, 1.82) is 0 Å². The van der Waals surface area contributed by atoms with Gasteiger partial charge in [0.25, 0.3) is 0 Å². The number of hydrogen-bond donors (Lipinski definition) is 1. The number of nitrogens with zero attached hydrogens (tertiary/aromatic N) is 2. The molecule has 0 amide bonds. The number of rotatable bonds is 2. The molecule has 1 N–H and O–H groups in total. The van der Waals surface area contributed by atoms with Crippen molar-refractivity contribution in [2.24, 2.45) is 0 Å². The monoisotopic (exact) mass is 289 g/mol. The minimum absolute atomic E-state index is 0.124. The SMILES string of the molecule is Cc1cc(C)nc(NC2CCOc3ccc(Cl)cc32)n1. The molecule has 0 aliphatic carbocycles. The van der Waals surface area contributed by atoms with E-state index in [1.807, 2.05) is 38.1 Å². The van der Waals surface area contributed by atoms with Crippen LogP contribution in [0.5, 0.6) is 5.75 Å². The van der Waals surface area contributed by atoms with E-state index < -0.39 is 0 Å². The van der Waals surface area contributed by atoms with E-state index in [-0.39, 0.29) is 6.04 Å². The molecule has 1 aliphatic rings. The van der Waals surface area contributed by atoms with Crippen molar-refractivity contribution in [2.45, 2.75) is 26.3 Å². The summed E-state index contributed by atoms with van der Waals surface area (Å²) in [6.07, 6.45) is 0.865. The first kappa shape index (κ1) is 13.2. The maximum absolute atomic E-state index is 6.08. The average Bonchev–Trinajstić information content (AvgIpc) is 2.38. The molecule has 0 bridgehead atoms. The minimum Gasteiger partial charge on any atom is -0.493 e. The standard InChI is InChI=1S/C15H16ClN3O/c1-9-7-10(2)18-15(17-9)19-13-5-6-20-14-4-3-11(16)8-12(13)14/h3-4,7-8,13H,5-6H2,1-2H3,(H,17,18,19). The van der Waals surface area contributed by atoms with E-state index in [4.69, 9.17) is 16.3 Å². The van der Waals surface area contributed by atoms with Gasteiger partial charge in [0.05, 0.1) is 12.6 Å². The minimum atomic E-state index is 0.124. The zero-order valence-electron chi connectivity index (χ0n) is 11.5. The molecule has 0 radical (unpaired) electrons. The molecule has 2 heterocycles. The van der Waals surface area contributed by atoms with Gasteiger partial charge in [-0.2, -0.15) is 0 Å². The van der Waals surface area contributed by atoms with E-state index in [9.17, 15) is 0 Å². The van der Waals surface area contributed by atoms with E-state index in [1.54, 1.807) is 0 Å². The second-order valence-corrected chi connectivity index (χ2v) is 5.43. The fraction of sp³-hybridized carbons (Fsp3) is 0.333. The van der Waals surface area contributed by atoms with Crippen molar-refractivity contribution in [3.63, 3.8) is 0 Å². The molecule has 5 heteroatoms. The molecule has 3 rings (SSSR count). The summed E-state index contributed by atoms with van der Waals surface area (Å²) in [5.74, 6) is 1.53. The van der Waals surface area contributed by atoms with Crippen LogP contribution in [0.4, 0.5) is 5.95 Å². The Labute approximate surface area is 123 Å². The van der Waals surface area contributed by atoms with Gasteiger partial charge < -0.3 is 10.1 Å². The van der Waals surface area contributed by atoms with E-state index in [2.05, 4.69) is 15.3 Å². The fourth-order valence-corrected chi connectivity index (χ4v) is 2.64. The van der Waals surface area contributed by atoms with Crippen LogP contribution >= 0.6 is 11.6 Å². The highest BCUT2D eigenvalue weighted by atomic mass is 35.5. The molecular formula is C15H16ClN3O. The highest BCUT2D eigenvalue weighted by Crippen LogP contribution is 2.35. The Hall–Kier alpha value is -1.81. The van der Waals surface area contributed by atoms with Gasteiger partial charge in [-0.3, -0.25) is 0 Å². The second-order valence-electron chi connectivity index (χ2n) is 4.99. The number of halogens is 1. The topological polar surface area (TPSA) is 47.0 Å². The second kappa shape index (κ2) is 5.29. The molecular weight excluding hydrogens is 274 g/mol. The first-order chi connectivity index (χ1) is 9.61. The number of hydrogen-bond acceptors (Lipinski definition) is 4. The molecule has 4 nitrogen and oxygen atoms in total. The first-order valence-electron chi connectivity index (χ1n) is 6.63. The third-order valence-corrected chi connectivity index (χ3v) is 3.53. The van der Waals surface area contributed by atoms with E-state index in [1.165, 1.54) is 0 Å². The molecule has 2 aromatic rings. The molecule has 1 aromatic heterocycles. The van der Waals surface area contributed by atoms with E-state index in [0.29, 0.717) is 17.6 Å². The summed E-state index contributed by atoms with van der Waals surface area (Å²) < 4.78 is 5.65. The van der Waals surface area contributed by atoms with Crippen LogP contribution in [0.1, 0.15) is 29.4 Å². The number of aromatic nitrogens is 2. The van der Waals surface area contributed by atoms with Gasteiger partial charge in [-0.15, -0.1) is 0 Å². The molecule has 0 fully saturated rings. The molecule has 0 spiro atoms. The molecule has 0 saturated heterocycles. The Morgan fingerprint density at radius 1 is 1.20 bits per heavy atom. The van der Waals surface area contributed by atoms with Crippen LogP contribution in [0.15, 0.2) is 24.3 Å². The van der Waals surface area contributed by atoms with Crippen molar-refractivity contribution in [3.05, 3.63) is 46.2 Å². The predicted octanol–water partition coefficient (Wildman–Crippen LogP) is 3.68. The van der Waals surface area contributed by atoms with Crippen molar-refractivity contribution in [3.8, 4) is 5.75 Å². The highest BCUT2D eigenvalue weighted by molar-refractivity contribution is 6.30. The van der Waals surface area contributed by atoms with Gasteiger partial charge in [0.15, 0.2) is 0 Å². The number of anilines is 1. The summed E-state index contributed by atoms with van der Waals surface area (Å²) in [4.78, 5) is 8.85. The van der Waals surface area contributed by atoms with Crippen LogP contribution in [-0.2, 0) is 0 Å². The van der Waals surface area contributed by atoms with Crippen molar-refractivity contribution in [2.75, 3.05) is 11.9 Å². The quantitative estimate of drug-likeness (QED) is 0.916. The van der Waals surface area contributed by atoms with Crippen molar-refractivity contribution < 1.29 is 4.74 Å². The summed E-state index contributed by atoms with van der Waals surface area (Å²) in [6, 6.07) is 7.78. The highest BCUT2D eigenvalue weighted by Gasteiger charge is 2.22. The smallest absolute Gasteiger partial charge is 0.223 e. The summed E-state index contributed by atoms with van der Waals surface area (Å²) >= 11 is 6.08.